The molecular formula is C52H92O14. The Labute approximate surface area is 397 Å². The number of ether oxygens (including phenoxy) is 6. The second kappa shape index (κ2) is 39.8. The maximum absolute atomic E-state index is 13.0. The second-order valence-electron chi connectivity index (χ2n) is 18.0. The first-order valence-electron chi connectivity index (χ1n) is 25.7. The van der Waals surface area contributed by atoms with Crippen LogP contribution in [0.5, 0.6) is 0 Å². The molecule has 7 N–H and O–H groups in total. The zero-order chi connectivity index (χ0) is 48.0. The van der Waals surface area contributed by atoms with Crippen LogP contribution in [-0.2, 0) is 33.2 Å². The van der Waals surface area contributed by atoms with Crippen molar-refractivity contribution >= 4 is 5.97 Å². The number of rotatable bonds is 40. The Hall–Kier alpha value is -2.05. The van der Waals surface area contributed by atoms with E-state index in [2.05, 4.69) is 62.5 Å². The predicted molar refractivity (Wildman–Crippen MR) is 256 cm³/mol. The van der Waals surface area contributed by atoms with Crippen LogP contribution in [0.4, 0.5) is 0 Å². The Balaban J connectivity index is 1.70. The maximum Gasteiger partial charge on any atom is 0.306 e. The van der Waals surface area contributed by atoms with Gasteiger partial charge in [-0.15, -0.1) is 0 Å². The molecule has 384 valence electrons. The van der Waals surface area contributed by atoms with Crippen molar-refractivity contribution in [3.05, 3.63) is 48.6 Å². The van der Waals surface area contributed by atoms with E-state index in [1.54, 1.807) is 0 Å². The number of esters is 1. The van der Waals surface area contributed by atoms with Crippen LogP contribution >= 0.6 is 0 Å². The van der Waals surface area contributed by atoms with Gasteiger partial charge in [0.15, 0.2) is 12.6 Å². The normalized spacial score (nSPS) is 26.7. The lowest BCUT2D eigenvalue weighted by atomic mass is 9.98. The molecule has 66 heavy (non-hydrogen) atoms. The van der Waals surface area contributed by atoms with Gasteiger partial charge < -0.3 is 64.2 Å². The summed E-state index contributed by atoms with van der Waals surface area (Å²) in [6.07, 6.45) is 29.0. The molecule has 0 amide bonds. The summed E-state index contributed by atoms with van der Waals surface area (Å²) in [5.41, 5.74) is 0. The summed E-state index contributed by atoms with van der Waals surface area (Å²) in [6.45, 7) is 3.55. The molecule has 14 nitrogen and oxygen atoms in total. The van der Waals surface area contributed by atoms with E-state index in [-0.39, 0.29) is 25.6 Å². The molecule has 0 bridgehead atoms. The SMILES string of the molecule is CC/C=C\C/C=C\C/C=C\C/C=C\CCCCCCCCCCCCC(=O)OC(COCCCCCCCCCCC)COC1OC(COC2OC(CO)C(O)C(O)C2O)C(O)C(O)C1O. The van der Waals surface area contributed by atoms with E-state index in [1.165, 1.54) is 77.0 Å². The Morgan fingerprint density at radius 3 is 1.55 bits per heavy atom. The molecule has 0 radical (unpaired) electrons. The summed E-state index contributed by atoms with van der Waals surface area (Å²) in [5.74, 6) is -0.382. The first-order chi connectivity index (χ1) is 32.1. The van der Waals surface area contributed by atoms with Crippen molar-refractivity contribution in [2.45, 2.75) is 242 Å². The minimum absolute atomic E-state index is 0.0604. The summed E-state index contributed by atoms with van der Waals surface area (Å²) in [4.78, 5) is 13.0. The number of allylic oxidation sites excluding steroid dienone is 8. The van der Waals surface area contributed by atoms with E-state index in [0.29, 0.717) is 13.0 Å². The Kier molecular flexibility index (Phi) is 36.2. The molecule has 14 heteroatoms. The fourth-order valence-electron chi connectivity index (χ4n) is 7.92. The number of hydrogen-bond donors (Lipinski definition) is 7. The molecule has 2 aliphatic heterocycles. The third-order valence-corrected chi connectivity index (χ3v) is 12.1. The Morgan fingerprint density at radius 2 is 0.985 bits per heavy atom. The molecule has 0 aromatic rings. The van der Waals surface area contributed by atoms with Crippen LogP contribution in [0.15, 0.2) is 48.6 Å². The van der Waals surface area contributed by atoms with Crippen LogP contribution in [-0.4, -0.2) is 142 Å². The molecule has 0 spiro atoms. The van der Waals surface area contributed by atoms with Crippen molar-refractivity contribution in [3.63, 3.8) is 0 Å². The molecule has 2 saturated heterocycles. The molecular weight excluding hydrogens is 849 g/mol. The summed E-state index contributed by atoms with van der Waals surface area (Å²) < 4.78 is 34.2. The molecule has 11 unspecified atom stereocenters. The molecule has 11 atom stereocenters. The van der Waals surface area contributed by atoms with Gasteiger partial charge in [-0.3, -0.25) is 4.79 Å². The van der Waals surface area contributed by atoms with Gasteiger partial charge in [0.25, 0.3) is 0 Å². The lowest BCUT2D eigenvalue weighted by molar-refractivity contribution is -0.332. The Bertz CT molecular complexity index is 1280. The van der Waals surface area contributed by atoms with Crippen LogP contribution in [0, 0.1) is 0 Å². The molecule has 0 aliphatic carbocycles. The van der Waals surface area contributed by atoms with Crippen LogP contribution in [0.2, 0.25) is 0 Å². The smallest absolute Gasteiger partial charge is 0.306 e. The number of aliphatic hydroxyl groups is 7. The van der Waals surface area contributed by atoms with E-state index in [4.69, 9.17) is 28.4 Å². The van der Waals surface area contributed by atoms with Crippen molar-refractivity contribution in [1.82, 2.24) is 0 Å². The van der Waals surface area contributed by atoms with Crippen molar-refractivity contribution < 1.29 is 69.0 Å². The number of aliphatic hydroxyl groups excluding tert-OH is 7. The summed E-state index contributed by atoms with van der Waals surface area (Å²) in [7, 11) is 0. The minimum Gasteiger partial charge on any atom is -0.457 e. The highest BCUT2D eigenvalue weighted by molar-refractivity contribution is 5.69. The molecule has 0 aromatic heterocycles. The van der Waals surface area contributed by atoms with Gasteiger partial charge in [-0.1, -0.05) is 165 Å². The van der Waals surface area contributed by atoms with Gasteiger partial charge >= 0.3 is 5.97 Å². The fraction of sp³-hybridized carbons (Fsp3) is 0.827. The van der Waals surface area contributed by atoms with Crippen LogP contribution in [0.3, 0.4) is 0 Å². The minimum atomic E-state index is -1.71. The molecule has 2 rings (SSSR count). The zero-order valence-corrected chi connectivity index (χ0v) is 40.7. The number of hydrogen-bond acceptors (Lipinski definition) is 14. The second-order valence-corrected chi connectivity index (χ2v) is 18.0. The first kappa shape index (κ1) is 60.1. The maximum atomic E-state index is 13.0. The van der Waals surface area contributed by atoms with Gasteiger partial charge in [-0.25, -0.2) is 0 Å². The lowest BCUT2D eigenvalue weighted by Crippen LogP contribution is -2.61. The summed E-state index contributed by atoms with van der Waals surface area (Å²) in [6, 6.07) is 0. The average molecular weight is 941 g/mol. The third-order valence-electron chi connectivity index (χ3n) is 12.1. The number of carbonyl (C=O) groups is 1. The van der Waals surface area contributed by atoms with Gasteiger partial charge in [-0.2, -0.15) is 0 Å². The lowest BCUT2D eigenvalue weighted by Gasteiger charge is -2.42. The quantitative estimate of drug-likeness (QED) is 0.0179. The molecule has 2 fully saturated rings. The summed E-state index contributed by atoms with van der Waals surface area (Å²) >= 11 is 0. The average Bonchev–Trinajstić information content (AvgIpc) is 3.31. The van der Waals surface area contributed by atoms with Gasteiger partial charge in [0.05, 0.1) is 26.4 Å². The highest BCUT2D eigenvalue weighted by Gasteiger charge is 2.47. The predicted octanol–water partition coefficient (Wildman–Crippen LogP) is 7.57. The van der Waals surface area contributed by atoms with Crippen LogP contribution < -0.4 is 0 Å². The topological polar surface area (TPSA) is 214 Å². The molecule has 2 aliphatic rings. The largest absolute Gasteiger partial charge is 0.457 e. The van der Waals surface area contributed by atoms with E-state index >= 15 is 0 Å². The van der Waals surface area contributed by atoms with Gasteiger partial charge in [0.2, 0.25) is 0 Å². The first-order valence-corrected chi connectivity index (χ1v) is 25.7. The van der Waals surface area contributed by atoms with Crippen molar-refractivity contribution in [3.8, 4) is 0 Å². The van der Waals surface area contributed by atoms with Crippen LogP contribution in [0.25, 0.3) is 0 Å². The molecule has 0 aromatic carbocycles. The Morgan fingerprint density at radius 1 is 0.515 bits per heavy atom. The van der Waals surface area contributed by atoms with E-state index in [9.17, 15) is 40.5 Å². The van der Waals surface area contributed by atoms with Gasteiger partial charge in [0, 0.05) is 13.0 Å². The van der Waals surface area contributed by atoms with Crippen LogP contribution in [0.1, 0.15) is 174 Å². The van der Waals surface area contributed by atoms with Crippen molar-refractivity contribution in [1.29, 1.82) is 0 Å². The van der Waals surface area contributed by atoms with Crippen molar-refractivity contribution in [2.24, 2.45) is 0 Å². The van der Waals surface area contributed by atoms with E-state index < -0.39 is 80.7 Å². The van der Waals surface area contributed by atoms with Crippen molar-refractivity contribution in [2.75, 3.05) is 33.0 Å². The van der Waals surface area contributed by atoms with E-state index in [1.807, 2.05) is 0 Å². The number of unbranched alkanes of at least 4 members (excludes halogenated alkanes) is 18. The highest BCUT2D eigenvalue weighted by Crippen LogP contribution is 2.26. The monoisotopic (exact) mass is 941 g/mol. The molecule has 2 heterocycles. The standard InChI is InChI=1S/C52H92O14/c1-3-5-7-9-11-13-14-15-16-17-18-19-20-21-22-23-24-25-26-27-29-31-33-35-44(54)64-41(38-61-36-34-32-30-28-12-10-8-6-4-2)39-62-51-50(60)48(58)46(56)43(66-51)40-63-52-49(59)47(57)45(55)42(37-53)65-52/h5,7,11,13,15-16,18-19,41-43,45-53,55-60H,3-4,6,8-10,12,14,17,20-40H2,1-2H3/b7-5-,13-11-,16-15-,19-18-. The van der Waals surface area contributed by atoms with Gasteiger partial charge in [0.1, 0.15) is 54.9 Å². The van der Waals surface area contributed by atoms with E-state index in [0.717, 1.165) is 70.6 Å². The number of carbonyl (C=O) groups excluding carboxylic acids is 1. The highest BCUT2D eigenvalue weighted by atomic mass is 16.7. The third kappa shape index (κ3) is 27.2. The summed E-state index contributed by atoms with van der Waals surface area (Å²) in [5, 5.41) is 72.0. The fourth-order valence-corrected chi connectivity index (χ4v) is 7.92. The van der Waals surface area contributed by atoms with Gasteiger partial charge in [-0.05, 0) is 51.4 Å². The zero-order valence-electron chi connectivity index (χ0n) is 40.7. The molecule has 0 saturated carbocycles.